The van der Waals surface area contributed by atoms with Gasteiger partial charge in [0.1, 0.15) is 0 Å². The Labute approximate surface area is 171 Å². The number of piperazine rings is 1. The molecule has 2 N–H and O–H groups in total. The van der Waals surface area contributed by atoms with Gasteiger partial charge < -0.3 is 10.6 Å². The molecule has 1 amide bonds. The van der Waals surface area contributed by atoms with Crippen molar-refractivity contribution in [2.45, 2.75) is 31.5 Å². The van der Waals surface area contributed by atoms with Gasteiger partial charge in [0, 0.05) is 32.2 Å². The molecule has 0 aromatic carbocycles. The summed E-state index contributed by atoms with van der Waals surface area (Å²) in [4.78, 5) is 16.8. The van der Waals surface area contributed by atoms with Crippen molar-refractivity contribution < 1.29 is 13.2 Å². The molecular weight excluding hydrogens is 415 g/mol. The number of hydrogen-bond donors (Lipinski definition) is 1. The molecule has 4 rings (SSSR count). The topological polar surface area (TPSA) is 114 Å². The Morgan fingerprint density at radius 3 is 2.56 bits per heavy atom. The van der Waals surface area contributed by atoms with Gasteiger partial charge in [-0.2, -0.15) is 0 Å². The lowest BCUT2D eigenvalue weighted by Crippen LogP contribution is -2.60. The minimum Gasteiger partial charge on any atom is -0.330 e. The zero-order valence-electron chi connectivity index (χ0n) is 14.9. The third kappa shape index (κ3) is 4.73. The first-order chi connectivity index (χ1) is 12.0. The second-order valence-corrected chi connectivity index (χ2v) is 9.46. The van der Waals surface area contributed by atoms with Gasteiger partial charge in [-0.15, -0.1) is 29.9 Å². The molecule has 2 saturated heterocycles. The van der Waals surface area contributed by atoms with E-state index in [2.05, 4.69) is 15.2 Å². The second kappa shape index (κ2) is 8.60. The lowest BCUT2D eigenvalue weighted by Gasteiger charge is -2.43. The molecule has 0 radical (unpaired) electrons. The maximum atomic E-state index is 12.9. The van der Waals surface area contributed by atoms with Crippen molar-refractivity contribution in [1.29, 1.82) is 0 Å². The van der Waals surface area contributed by atoms with Crippen LogP contribution in [0.1, 0.15) is 23.3 Å². The van der Waals surface area contributed by atoms with Gasteiger partial charge in [-0.05, 0) is 18.8 Å². The molecule has 1 aromatic rings. The minimum absolute atomic E-state index is 0. The molecule has 0 bridgehead atoms. The fourth-order valence-electron chi connectivity index (χ4n) is 3.92. The largest absolute Gasteiger partial charge is 0.330 e. The predicted octanol–water partition coefficient (Wildman–Crippen LogP) is -0.586. The third-order valence-electron chi connectivity index (χ3n) is 5.36. The first-order valence-electron chi connectivity index (χ1n) is 8.82. The van der Waals surface area contributed by atoms with E-state index in [4.69, 9.17) is 5.73 Å². The van der Waals surface area contributed by atoms with Gasteiger partial charge in [0.15, 0.2) is 15.5 Å². The molecule has 12 heteroatoms. The van der Waals surface area contributed by atoms with Crippen molar-refractivity contribution in [3.8, 4) is 0 Å². The number of rotatable bonds is 5. The molecule has 2 aliphatic heterocycles. The number of fused-ring (bicyclic) bond motifs is 1. The number of amides is 1. The van der Waals surface area contributed by atoms with E-state index in [1.54, 1.807) is 15.8 Å². The monoisotopic (exact) mass is 440 g/mol. The van der Waals surface area contributed by atoms with Crippen molar-refractivity contribution in [3.05, 3.63) is 11.9 Å². The molecule has 0 spiro atoms. The lowest BCUT2D eigenvalue weighted by atomic mass is 10.0. The summed E-state index contributed by atoms with van der Waals surface area (Å²) in [5.41, 5.74) is 5.75. The molecule has 3 aliphatic rings. The number of halogens is 2. The smallest absolute Gasteiger partial charge is 0.276 e. The summed E-state index contributed by atoms with van der Waals surface area (Å²) in [5.74, 6) is 0.652. The third-order valence-corrected chi connectivity index (χ3v) is 7.06. The van der Waals surface area contributed by atoms with Crippen LogP contribution in [-0.4, -0.2) is 88.9 Å². The average molecular weight is 441 g/mol. The van der Waals surface area contributed by atoms with Crippen molar-refractivity contribution in [3.63, 3.8) is 0 Å². The summed E-state index contributed by atoms with van der Waals surface area (Å²) in [6, 6.07) is -0.382. The van der Waals surface area contributed by atoms with E-state index in [0.29, 0.717) is 25.6 Å². The first-order valence-corrected chi connectivity index (χ1v) is 10.6. The second-order valence-electron chi connectivity index (χ2n) is 7.30. The van der Waals surface area contributed by atoms with Gasteiger partial charge in [-0.1, -0.05) is 5.21 Å². The van der Waals surface area contributed by atoms with Crippen molar-refractivity contribution in [2.24, 2.45) is 11.7 Å². The van der Waals surface area contributed by atoms with Gasteiger partial charge in [0.05, 0.1) is 30.3 Å². The predicted molar refractivity (Wildman–Crippen MR) is 105 cm³/mol. The number of carbonyl (C=O) groups excluding carboxylic acids is 1. The summed E-state index contributed by atoms with van der Waals surface area (Å²) < 4.78 is 26.0. The van der Waals surface area contributed by atoms with Gasteiger partial charge >= 0.3 is 0 Å². The maximum Gasteiger partial charge on any atom is 0.276 e. The summed E-state index contributed by atoms with van der Waals surface area (Å²) in [6.45, 7) is 3.11. The molecule has 1 saturated carbocycles. The Bertz CT molecular complexity index is 769. The Kier molecular flexibility index (Phi) is 7.12. The normalized spacial score (nSPS) is 26.8. The molecule has 3 fully saturated rings. The van der Waals surface area contributed by atoms with Crippen LogP contribution in [0, 0.1) is 5.92 Å². The van der Waals surface area contributed by atoms with Gasteiger partial charge in [0.2, 0.25) is 0 Å². The number of aromatic nitrogens is 3. The quantitative estimate of drug-likeness (QED) is 0.650. The molecule has 9 nitrogen and oxygen atoms in total. The molecular formula is C15H26Cl2N6O3S. The van der Waals surface area contributed by atoms with E-state index in [9.17, 15) is 13.2 Å². The SMILES string of the molecule is Cl.Cl.NCCn1cc(C(=O)N2CCN(CC3CC3)[C@@H]3CS(=O)(=O)C[C@@H]32)nn1. The van der Waals surface area contributed by atoms with Crippen LogP contribution < -0.4 is 5.73 Å². The molecule has 27 heavy (non-hydrogen) atoms. The van der Waals surface area contributed by atoms with Crippen LogP contribution in [0.15, 0.2) is 6.20 Å². The molecule has 1 aliphatic carbocycles. The van der Waals surface area contributed by atoms with Gasteiger partial charge in [-0.25, -0.2) is 8.42 Å². The fourth-order valence-corrected chi connectivity index (χ4v) is 5.93. The number of carbonyl (C=O) groups is 1. The molecule has 3 heterocycles. The Morgan fingerprint density at radius 1 is 1.19 bits per heavy atom. The zero-order chi connectivity index (χ0) is 17.6. The summed E-state index contributed by atoms with van der Waals surface area (Å²) in [6.07, 6.45) is 4.05. The van der Waals surface area contributed by atoms with E-state index in [-0.39, 0.29) is 60.0 Å². The van der Waals surface area contributed by atoms with Crippen LogP contribution in [0.2, 0.25) is 0 Å². The highest BCUT2D eigenvalue weighted by Gasteiger charge is 2.49. The summed E-state index contributed by atoms with van der Waals surface area (Å²) >= 11 is 0. The highest BCUT2D eigenvalue weighted by atomic mass is 35.5. The Balaban J connectivity index is 0.00000131. The highest BCUT2D eigenvalue weighted by molar-refractivity contribution is 7.91. The van der Waals surface area contributed by atoms with E-state index in [0.717, 1.165) is 13.1 Å². The van der Waals surface area contributed by atoms with Crippen molar-refractivity contribution in [1.82, 2.24) is 24.8 Å². The van der Waals surface area contributed by atoms with Crippen molar-refractivity contribution >= 4 is 40.6 Å². The van der Waals surface area contributed by atoms with Gasteiger partial charge in [-0.3, -0.25) is 14.4 Å². The van der Waals surface area contributed by atoms with Crippen LogP contribution in [0.25, 0.3) is 0 Å². The lowest BCUT2D eigenvalue weighted by molar-refractivity contribution is 0.0313. The standard InChI is InChI=1S/C15H24N6O3S.2ClH/c16-3-4-20-8-12(17-18-20)15(22)21-6-5-19(7-11-1-2-11)13-9-25(23,24)10-14(13)21;;/h8,11,13-14H,1-7,9-10,16H2;2*1H/t13-,14+;;/m1../s1. The summed E-state index contributed by atoms with van der Waals surface area (Å²) in [7, 11) is -3.12. The molecule has 154 valence electrons. The minimum atomic E-state index is -3.12. The van der Waals surface area contributed by atoms with Crippen LogP contribution in [0.3, 0.4) is 0 Å². The van der Waals surface area contributed by atoms with E-state index in [1.807, 2.05) is 0 Å². The zero-order valence-corrected chi connectivity index (χ0v) is 17.4. The molecule has 0 unspecified atom stereocenters. The highest BCUT2D eigenvalue weighted by Crippen LogP contribution is 2.34. The molecule has 2 atom stereocenters. The average Bonchev–Trinajstić information content (AvgIpc) is 3.13. The Morgan fingerprint density at radius 2 is 1.89 bits per heavy atom. The summed E-state index contributed by atoms with van der Waals surface area (Å²) in [5, 5.41) is 7.85. The maximum absolute atomic E-state index is 12.9. The van der Waals surface area contributed by atoms with Crippen LogP contribution in [0.5, 0.6) is 0 Å². The Hall–Kier alpha value is -0.940. The number of nitrogens with two attached hydrogens (primary N) is 1. The van der Waals surface area contributed by atoms with Crippen molar-refractivity contribution in [2.75, 3.05) is 37.7 Å². The number of sulfone groups is 1. The first kappa shape index (κ1) is 22.4. The number of hydrogen-bond acceptors (Lipinski definition) is 7. The van der Waals surface area contributed by atoms with Crippen LogP contribution in [-0.2, 0) is 16.4 Å². The van der Waals surface area contributed by atoms with Gasteiger partial charge in [0.25, 0.3) is 5.91 Å². The van der Waals surface area contributed by atoms with Crippen LogP contribution >= 0.6 is 24.8 Å². The van der Waals surface area contributed by atoms with E-state index in [1.165, 1.54) is 12.8 Å². The molecule has 1 aromatic heterocycles. The van der Waals surface area contributed by atoms with Crippen LogP contribution in [0.4, 0.5) is 0 Å². The number of nitrogens with zero attached hydrogens (tertiary/aromatic N) is 5. The van der Waals surface area contributed by atoms with E-state index >= 15 is 0 Å². The van der Waals surface area contributed by atoms with E-state index < -0.39 is 9.84 Å². The fraction of sp³-hybridized carbons (Fsp3) is 0.800.